The standard InChI is InChI=1S/C13H11Cl3N2/c1-8-4-11(7-18-13(8)16)17-6-9-5-10(14)2-3-12(9)15/h2-5,7,17H,6H2,1H3. The van der Waals surface area contributed by atoms with Crippen molar-refractivity contribution in [3.63, 3.8) is 0 Å². The number of pyridine rings is 1. The normalized spacial score (nSPS) is 10.4. The Bertz CT molecular complexity index is 570. The first-order valence-electron chi connectivity index (χ1n) is 5.36. The van der Waals surface area contributed by atoms with Crippen molar-refractivity contribution in [1.29, 1.82) is 0 Å². The summed E-state index contributed by atoms with van der Waals surface area (Å²) in [6, 6.07) is 7.33. The van der Waals surface area contributed by atoms with Crippen molar-refractivity contribution in [1.82, 2.24) is 4.98 Å². The van der Waals surface area contributed by atoms with Crippen LogP contribution in [-0.4, -0.2) is 4.98 Å². The van der Waals surface area contributed by atoms with Gasteiger partial charge in [-0.15, -0.1) is 0 Å². The van der Waals surface area contributed by atoms with Gasteiger partial charge in [0.1, 0.15) is 5.15 Å². The average Bonchev–Trinajstić information content (AvgIpc) is 2.34. The number of aryl methyl sites for hydroxylation is 1. The minimum Gasteiger partial charge on any atom is -0.380 e. The van der Waals surface area contributed by atoms with Gasteiger partial charge in [-0.3, -0.25) is 0 Å². The molecule has 18 heavy (non-hydrogen) atoms. The highest BCUT2D eigenvalue weighted by molar-refractivity contribution is 6.33. The van der Waals surface area contributed by atoms with Crippen LogP contribution in [0.4, 0.5) is 5.69 Å². The number of hydrogen-bond donors (Lipinski definition) is 1. The van der Waals surface area contributed by atoms with Crippen LogP contribution < -0.4 is 5.32 Å². The second-order valence-corrected chi connectivity index (χ2v) is 5.12. The first kappa shape index (κ1) is 13.5. The van der Waals surface area contributed by atoms with Crippen LogP contribution in [0.1, 0.15) is 11.1 Å². The molecule has 5 heteroatoms. The fourth-order valence-corrected chi connectivity index (χ4v) is 2.01. The number of hydrogen-bond acceptors (Lipinski definition) is 2. The fraction of sp³-hybridized carbons (Fsp3) is 0.154. The summed E-state index contributed by atoms with van der Waals surface area (Å²) in [5.74, 6) is 0. The van der Waals surface area contributed by atoms with Crippen molar-refractivity contribution < 1.29 is 0 Å². The highest BCUT2D eigenvalue weighted by atomic mass is 35.5. The monoisotopic (exact) mass is 300 g/mol. The van der Waals surface area contributed by atoms with E-state index in [-0.39, 0.29) is 0 Å². The van der Waals surface area contributed by atoms with Gasteiger partial charge in [-0.2, -0.15) is 0 Å². The summed E-state index contributed by atoms with van der Waals surface area (Å²) in [6.07, 6.45) is 1.69. The van der Waals surface area contributed by atoms with Gasteiger partial charge >= 0.3 is 0 Å². The molecule has 0 atom stereocenters. The highest BCUT2D eigenvalue weighted by Gasteiger charge is 2.03. The van der Waals surface area contributed by atoms with E-state index in [9.17, 15) is 0 Å². The van der Waals surface area contributed by atoms with Crippen molar-refractivity contribution in [2.75, 3.05) is 5.32 Å². The van der Waals surface area contributed by atoms with Crippen LogP contribution in [0, 0.1) is 6.92 Å². The maximum Gasteiger partial charge on any atom is 0.132 e. The van der Waals surface area contributed by atoms with Gasteiger partial charge in [-0.1, -0.05) is 34.8 Å². The minimum atomic E-state index is 0.515. The quantitative estimate of drug-likeness (QED) is 0.810. The number of anilines is 1. The van der Waals surface area contributed by atoms with E-state index in [4.69, 9.17) is 34.8 Å². The summed E-state index contributed by atoms with van der Waals surface area (Å²) >= 11 is 17.9. The average molecular weight is 302 g/mol. The Hall–Kier alpha value is -0.960. The highest BCUT2D eigenvalue weighted by Crippen LogP contribution is 2.22. The summed E-state index contributed by atoms with van der Waals surface area (Å²) < 4.78 is 0. The lowest BCUT2D eigenvalue weighted by Gasteiger charge is -2.09. The molecule has 1 N–H and O–H groups in total. The molecule has 0 spiro atoms. The van der Waals surface area contributed by atoms with Gasteiger partial charge < -0.3 is 5.32 Å². The largest absolute Gasteiger partial charge is 0.380 e. The van der Waals surface area contributed by atoms with Crippen molar-refractivity contribution in [3.8, 4) is 0 Å². The van der Waals surface area contributed by atoms with E-state index in [0.717, 1.165) is 16.8 Å². The molecule has 1 aromatic carbocycles. The molecule has 0 radical (unpaired) electrons. The fourth-order valence-electron chi connectivity index (χ4n) is 1.53. The lowest BCUT2D eigenvalue weighted by atomic mass is 10.2. The van der Waals surface area contributed by atoms with Gasteiger partial charge in [0, 0.05) is 16.6 Å². The Labute approximate surface area is 121 Å². The summed E-state index contributed by atoms with van der Waals surface area (Å²) in [4.78, 5) is 4.07. The molecule has 0 unspecified atom stereocenters. The molecule has 0 bridgehead atoms. The Morgan fingerprint density at radius 1 is 1.17 bits per heavy atom. The van der Waals surface area contributed by atoms with Crippen LogP contribution in [-0.2, 0) is 6.54 Å². The molecule has 0 fully saturated rings. The number of benzene rings is 1. The summed E-state index contributed by atoms with van der Waals surface area (Å²) in [5, 5.41) is 5.10. The van der Waals surface area contributed by atoms with Crippen LogP contribution in [0.3, 0.4) is 0 Å². The molecular formula is C13H11Cl3N2. The molecule has 94 valence electrons. The van der Waals surface area contributed by atoms with Gasteiger partial charge in [0.2, 0.25) is 0 Å². The molecule has 2 rings (SSSR count). The van der Waals surface area contributed by atoms with E-state index in [2.05, 4.69) is 10.3 Å². The van der Waals surface area contributed by atoms with Crippen molar-refractivity contribution in [2.45, 2.75) is 13.5 Å². The molecule has 2 nitrogen and oxygen atoms in total. The number of rotatable bonds is 3. The van der Waals surface area contributed by atoms with Crippen molar-refractivity contribution in [2.24, 2.45) is 0 Å². The number of halogens is 3. The number of nitrogens with zero attached hydrogens (tertiary/aromatic N) is 1. The number of nitrogens with one attached hydrogen (secondary N) is 1. The van der Waals surface area contributed by atoms with E-state index < -0.39 is 0 Å². The predicted octanol–water partition coefficient (Wildman–Crippen LogP) is 4.96. The topological polar surface area (TPSA) is 24.9 Å². The van der Waals surface area contributed by atoms with E-state index in [1.54, 1.807) is 18.3 Å². The second kappa shape index (κ2) is 5.79. The zero-order chi connectivity index (χ0) is 13.1. The predicted molar refractivity (Wildman–Crippen MR) is 77.8 cm³/mol. The SMILES string of the molecule is Cc1cc(NCc2cc(Cl)ccc2Cl)cnc1Cl. The van der Waals surface area contributed by atoms with Crippen molar-refractivity contribution >= 4 is 40.5 Å². The van der Waals surface area contributed by atoms with Gasteiger partial charge in [-0.05, 0) is 42.3 Å². The Balaban J connectivity index is 2.11. The molecule has 0 saturated carbocycles. The maximum atomic E-state index is 6.08. The first-order valence-corrected chi connectivity index (χ1v) is 6.49. The minimum absolute atomic E-state index is 0.515. The van der Waals surface area contributed by atoms with Gasteiger partial charge in [0.25, 0.3) is 0 Å². The Kier molecular flexibility index (Phi) is 4.33. The van der Waals surface area contributed by atoms with Crippen LogP contribution >= 0.6 is 34.8 Å². The van der Waals surface area contributed by atoms with Crippen molar-refractivity contribution in [3.05, 3.63) is 56.8 Å². The summed E-state index contributed by atoms with van der Waals surface area (Å²) in [6.45, 7) is 2.50. The maximum absolute atomic E-state index is 6.08. The zero-order valence-corrected chi connectivity index (χ0v) is 11.9. The van der Waals surface area contributed by atoms with E-state index >= 15 is 0 Å². The molecule has 0 aliphatic rings. The Morgan fingerprint density at radius 3 is 2.67 bits per heavy atom. The molecule has 0 amide bonds. The third-order valence-electron chi connectivity index (χ3n) is 2.51. The van der Waals surface area contributed by atoms with Gasteiger partial charge in [0.05, 0.1) is 11.9 Å². The zero-order valence-electron chi connectivity index (χ0n) is 9.67. The van der Waals surface area contributed by atoms with Crippen LogP contribution in [0.5, 0.6) is 0 Å². The molecular weight excluding hydrogens is 291 g/mol. The molecule has 0 aliphatic carbocycles. The van der Waals surface area contributed by atoms with Crippen LogP contribution in [0.25, 0.3) is 0 Å². The second-order valence-electron chi connectivity index (χ2n) is 3.92. The summed E-state index contributed by atoms with van der Waals surface area (Å²) in [5.41, 5.74) is 2.77. The van der Waals surface area contributed by atoms with Gasteiger partial charge in [0.15, 0.2) is 0 Å². The molecule has 0 aliphatic heterocycles. The summed E-state index contributed by atoms with van der Waals surface area (Å²) in [7, 11) is 0. The first-order chi connectivity index (χ1) is 8.56. The molecule has 0 saturated heterocycles. The third kappa shape index (κ3) is 3.29. The number of aromatic nitrogens is 1. The molecule has 1 aromatic heterocycles. The lowest BCUT2D eigenvalue weighted by molar-refractivity contribution is 1.13. The lowest BCUT2D eigenvalue weighted by Crippen LogP contribution is -2.01. The van der Waals surface area contributed by atoms with E-state index in [1.165, 1.54) is 0 Å². The van der Waals surface area contributed by atoms with Crippen LogP contribution in [0.2, 0.25) is 15.2 Å². The van der Waals surface area contributed by atoms with Gasteiger partial charge in [-0.25, -0.2) is 4.98 Å². The smallest absolute Gasteiger partial charge is 0.132 e. The molecule has 2 aromatic rings. The van der Waals surface area contributed by atoms with Crippen LogP contribution in [0.15, 0.2) is 30.5 Å². The Morgan fingerprint density at radius 2 is 1.94 bits per heavy atom. The third-order valence-corrected chi connectivity index (χ3v) is 3.50. The van der Waals surface area contributed by atoms with E-state index in [0.29, 0.717) is 21.7 Å². The van der Waals surface area contributed by atoms with E-state index in [1.807, 2.05) is 19.1 Å². The molecule has 1 heterocycles.